The lowest BCUT2D eigenvalue weighted by Gasteiger charge is -2.38. The van der Waals surface area contributed by atoms with E-state index in [1.165, 1.54) is 0 Å². The topological polar surface area (TPSA) is 71.1 Å². The molecule has 0 radical (unpaired) electrons. The number of esters is 1. The fourth-order valence-corrected chi connectivity index (χ4v) is 4.33. The van der Waals surface area contributed by atoms with Gasteiger partial charge in [0.25, 0.3) is 0 Å². The highest BCUT2D eigenvalue weighted by atomic mass is 16.6. The van der Waals surface area contributed by atoms with Gasteiger partial charge in [0.1, 0.15) is 18.5 Å². The molecule has 0 aromatic heterocycles. The van der Waals surface area contributed by atoms with Crippen LogP contribution in [-0.2, 0) is 30.4 Å². The molecule has 0 saturated heterocycles. The zero-order valence-corrected chi connectivity index (χ0v) is 18.4. The minimum Gasteiger partial charge on any atom is -0.496 e. The van der Waals surface area contributed by atoms with E-state index in [0.717, 1.165) is 11.1 Å². The van der Waals surface area contributed by atoms with Crippen LogP contribution < -0.4 is 4.74 Å². The van der Waals surface area contributed by atoms with Crippen molar-refractivity contribution in [2.75, 3.05) is 7.11 Å². The van der Waals surface area contributed by atoms with E-state index in [1.54, 1.807) is 20.3 Å². The van der Waals surface area contributed by atoms with Gasteiger partial charge in [0, 0.05) is 12.0 Å². The molecule has 32 heavy (non-hydrogen) atoms. The minimum atomic E-state index is -0.681. The predicted octanol–water partition coefficient (Wildman–Crippen LogP) is 4.32. The van der Waals surface area contributed by atoms with E-state index in [0.29, 0.717) is 30.6 Å². The Morgan fingerprint density at radius 2 is 1.84 bits per heavy atom. The summed E-state index contributed by atoms with van der Waals surface area (Å²) in [5, 5.41) is 0. The Balaban J connectivity index is 1.34. The first-order chi connectivity index (χ1) is 15.6. The summed E-state index contributed by atoms with van der Waals surface area (Å²) in [5.74, 6) is 0.101. The van der Waals surface area contributed by atoms with Gasteiger partial charge in [-0.15, -0.1) is 0 Å². The summed E-state index contributed by atoms with van der Waals surface area (Å²) in [6.45, 7) is 1.92. The number of rotatable bonds is 7. The number of methoxy groups -OCH3 is 1. The number of para-hydroxylation sites is 1. The number of hydrogen-bond donors (Lipinski definition) is 0. The van der Waals surface area contributed by atoms with Crippen LogP contribution >= 0.6 is 0 Å². The van der Waals surface area contributed by atoms with Crippen LogP contribution in [0.15, 0.2) is 60.9 Å². The summed E-state index contributed by atoms with van der Waals surface area (Å²) in [5.41, 5.74) is 2.22. The van der Waals surface area contributed by atoms with Gasteiger partial charge in [0.15, 0.2) is 11.9 Å². The second kappa shape index (κ2) is 10.0. The first kappa shape index (κ1) is 22.1. The number of benzene rings is 2. The predicted molar refractivity (Wildman–Crippen MR) is 119 cm³/mol. The third-order valence-electron chi connectivity index (χ3n) is 6.06. The number of ketones is 1. The Kier molecular flexibility index (Phi) is 6.90. The Bertz CT molecular complexity index is 983. The average molecular weight is 437 g/mol. The molecule has 1 fully saturated rings. The highest BCUT2D eigenvalue weighted by Crippen LogP contribution is 2.39. The molecule has 2 aromatic carbocycles. The molecular weight excluding hydrogens is 408 g/mol. The Morgan fingerprint density at radius 1 is 1.09 bits per heavy atom. The zero-order valence-electron chi connectivity index (χ0n) is 18.4. The number of carbonyl (C=O) groups excluding carboxylic acids is 2. The minimum absolute atomic E-state index is 0.0690. The van der Waals surface area contributed by atoms with Crippen molar-refractivity contribution in [2.45, 2.75) is 51.1 Å². The second-order valence-electron chi connectivity index (χ2n) is 8.18. The first-order valence-electron chi connectivity index (χ1n) is 11.0. The number of carbonyl (C=O) groups is 2. The molecule has 0 spiro atoms. The molecule has 4 atom stereocenters. The van der Waals surface area contributed by atoms with Crippen LogP contribution in [0.1, 0.15) is 37.3 Å². The summed E-state index contributed by atoms with van der Waals surface area (Å²) < 4.78 is 22.7. The molecular formula is C26H28O6. The zero-order chi connectivity index (χ0) is 22.5. The summed E-state index contributed by atoms with van der Waals surface area (Å²) >= 11 is 0. The Hall–Kier alpha value is -3.12. The highest BCUT2D eigenvalue weighted by Gasteiger charge is 2.41. The van der Waals surface area contributed by atoms with Crippen LogP contribution in [0.4, 0.5) is 0 Å². The van der Waals surface area contributed by atoms with Gasteiger partial charge < -0.3 is 18.9 Å². The molecule has 1 heterocycles. The molecule has 2 aromatic rings. The fraction of sp³-hybridized carbons (Fsp3) is 0.385. The van der Waals surface area contributed by atoms with Crippen LogP contribution in [0.25, 0.3) is 5.57 Å². The van der Waals surface area contributed by atoms with Crippen molar-refractivity contribution >= 4 is 17.3 Å². The second-order valence-corrected chi connectivity index (χ2v) is 8.18. The van der Waals surface area contributed by atoms with E-state index in [2.05, 4.69) is 0 Å². The number of hydrogen-bond acceptors (Lipinski definition) is 6. The summed E-state index contributed by atoms with van der Waals surface area (Å²) in [7, 11) is 1.59. The van der Waals surface area contributed by atoms with E-state index in [1.807, 2.05) is 54.6 Å². The molecule has 6 nitrogen and oxygen atoms in total. The number of Topliss-reactive ketones (excluding diaryl/α,β-unsaturated/α-hetero) is 1. The number of ether oxygens (including phenoxy) is 4. The van der Waals surface area contributed by atoms with Gasteiger partial charge in [-0.2, -0.15) is 0 Å². The Morgan fingerprint density at radius 3 is 2.62 bits per heavy atom. The summed E-state index contributed by atoms with van der Waals surface area (Å²) in [4.78, 5) is 25.5. The third kappa shape index (κ3) is 4.86. The maximum atomic E-state index is 13.2. The number of allylic oxidation sites excluding steroid dienone is 1. The lowest BCUT2D eigenvalue weighted by atomic mass is 9.77. The van der Waals surface area contributed by atoms with Crippen LogP contribution in [-0.4, -0.2) is 37.2 Å². The maximum Gasteiger partial charge on any atom is 0.335 e. The molecule has 1 saturated carbocycles. The summed E-state index contributed by atoms with van der Waals surface area (Å²) in [6.07, 6.45) is 2.33. The van der Waals surface area contributed by atoms with E-state index in [9.17, 15) is 9.59 Å². The largest absolute Gasteiger partial charge is 0.496 e. The number of fused-ring (bicyclic) bond motifs is 1. The molecule has 0 bridgehead atoms. The SMILES string of the molecule is COc1ccccc1C1=COC2CC(OC(C)C(=O)OCc3ccccc3)CCC2C1=O. The van der Waals surface area contributed by atoms with E-state index < -0.39 is 12.1 Å². The van der Waals surface area contributed by atoms with Crippen LogP contribution in [0.2, 0.25) is 0 Å². The molecule has 4 rings (SSSR count). The molecule has 168 valence electrons. The lowest BCUT2D eigenvalue weighted by molar-refractivity contribution is -0.165. The monoisotopic (exact) mass is 436 g/mol. The average Bonchev–Trinajstić information content (AvgIpc) is 2.83. The van der Waals surface area contributed by atoms with Gasteiger partial charge >= 0.3 is 5.97 Å². The van der Waals surface area contributed by atoms with Crippen molar-refractivity contribution in [1.82, 2.24) is 0 Å². The molecule has 0 amide bonds. The van der Waals surface area contributed by atoms with Gasteiger partial charge in [-0.05, 0) is 31.4 Å². The molecule has 4 unspecified atom stereocenters. The molecule has 1 aliphatic carbocycles. The standard InChI is InChI=1S/C26H28O6/c1-17(26(28)31-15-18-8-4-3-5-9-18)32-19-12-13-21-24(14-19)30-16-22(25(21)27)20-10-6-7-11-23(20)29-2/h3-11,16-17,19,21,24H,12-15H2,1-2H3. The van der Waals surface area contributed by atoms with Crippen molar-refractivity contribution in [1.29, 1.82) is 0 Å². The highest BCUT2D eigenvalue weighted by molar-refractivity contribution is 6.22. The van der Waals surface area contributed by atoms with E-state index >= 15 is 0 Å². The van der Waals surface area contributed by atoms with Crippen molar-refractivity contribution in [3.63, 3.8) is 0 Å². The molecule has 1 aliphatic heterocycles. The molecule has 2 aliphatic rings. The van der Waals surface area contributed by atoms with Gasteiger partial charge in [0.05, 0.1) is 31.0 Å². The van der Waals surface area contributed by atoms with Gasteiger partial charge in [-0.25, -0.2) is 4.79 Å². The van der Waals surface area contributed by atoms with E-state index in [4.69, 9.17) is 18.9 Å². The molecule has 6 heteroatoms. The smallest absolute Gasteiger partial charge is 0.335 e. The van der Waals surface area contributed by atoms with Gasteiger partial charge in [-0.1, -0.05) is 48.5 Å². The quantitative estimate of drug-likeness (QED) is 0.602. The van der Waals surface area contributed by atoms with Gasteiger partial charge in [-0.3, -0.25) is 4.79 Å². The van der Waals surface area contributed by atoms with Crippen molar-refractivity contribution < 1.29 is 28.5 Å². The van der Waals surface area contributed by atoms with Crippen LogP contribution in [0, 0.1) is 5.92 Å². The lowest BCUT2D eigenvalue weighted by Crippen LogP contribution is -2.43. The maximum absolute atomic E-state index is 13.2. The fourth-order valence-electron chi connectivity index (χ4n) is 4.33. The van der Waals surface area contributed by atoms with Gasteiger partial charge in [0.2, 0.25) is 0 Å². The third-order valence-corrected chi connectivity index (χ3v) is 6.06. The summed E-state index contributed by atoms with van der Waals surface area (Å²) in [6, 6.07) is 17.0. The normalized spacial score (nSPS) is 23.4. The van der Waals surface area contributed by atoms with Crippen molar-refractivity contribution in [3.05, 3.63) is 72.0 Å². The van der Waals surface area contributed by atoms with E-state index in [-0.39, 0.29) is 30.5 Å². The Labute approximate surface area is 188 Å². The first-order valence-corrected chi connectivity index (χ1v) is 11.0. The molecule has 0 N–H and O–H groups in total. The van der Waals surface area contributed by atoms with Crippen LogP contribution in [0.3, 0.4) is 0 Å². The van der Waals surface area contributed by atoms with Crippen LogP contribution in [0.5, 0.6) is 5.75 Å². The van der Waals surface area contributed by atoms with Crippen molar-refractivity contribution in [3.8, 4) is 5.75 Å². The van der Waals surface area contributed by atoms with Crippen molar-refractivity contribution in [2.24, 2.45) is 5.92 Å².